The smallest absolute Gasteiger partial charge is 0.251 e. The normalized spacial score (nSPS) is 14.6. The molecule has 2 aromatic rings. The van der Waals surface area contributed by atoms with Gasteiger partial charge in [-0.05, 0) is 18.4 Å². The predicted octanol–water partition coefficient (Wildman–Crippen LogP) is 2.47. The first-order valence-electron chi connectivity index (χ1n) is 9.51. The van der Waals surface area contributed by atoms with E-state index < -0.39 is 0 Å². The Labute approximate surface area is 174 Å². The number of nitrogens with two attached hydrogens (primary N) is 1. The van der Waals surface area contributed by atoms with Gasteiger partial charge in [-0.1, -0.05) is 41.9 Å². The van der Waals surface area contributed by atoms with Crippen molar-refractivity contribution in [2.24, 2.45) is 15.7 Å². The minimum Gasteiger partial charge on any atom is -0.365 e. The van der Waals surface area contributed by atoms with Crippen LogP contribution in [-0.4, -0.2) is 58.9 Å². The maximum absolute atomic E-state index is 12.0. The van der Waals surface area contributed by atoms with Crippen LogP contribution in [0.1, 0.15) is 18.4 Å². The quantitative estimate of drug-likeness (QED) is 0.646. The van der Waals surface area contributed by atoms with Crippen LogP contribution in [0.25, 0.3) is 0 Å². The summed E-state index contributed by atoms with van der Waals surface area (Å²) in [7, 11) is 0. The number of likely N-dealkylation sites (tertiary alicyclic amines) is 1. The summed E-state index contributed by atoms with van der Waals surface area (Å²) in [5.74, 6) is 0.731. The van der Waals surface area contributed by atoms with E-state index in [2.05, 4.69) is 25.3 Å². The SMILES string of the molecule is NCC(C=NCC(=O)N1CCCC1)=Nc1ncc(Cl)c(NCc2ccccc2)n1. The minimum atomic E-state index is 0.0188. The van der Waals surface area contributed by atoms with Crippen molar-refractivity contribution in [1.82, 2.24) is 14.9 Å². The maximum Gasteiger partial charge on any atom is 0.251 e. The minimum absolute atomic E-state index is 0.0188. The number of benzene rings is 1. The molecular weight excluding hydrogens is 390 g/mol. The number of halogens is 1. The van der Waals surface area contributed by atoms with Crippen LogP contribution in [0.3, 0.4) is 0 Å². The highest BCUT2D eigenvalue weighted by Gasteiger charge is 2.16. The Hall–Kier alpha value is -2.84. The summed E-state index contributed by atoms with van der Waals surface area (Å²) < 4.78 is 0. The molecular formula is C20H24ClN7O. The summed E-state index contributed by atoms with van der Waals surface area (Å²) >= 11 is 6.18. The Balaban J connectivity index is 1.63. The molecule has 1 aromatic heterocycles. The van der Waals surface area contributed by atoms with E-state index in [1.807, 2.05) is 35.2 Å². The third kappa shape index (κ3) is 6.33. The van der Waals surface area contributed by atoms with Gasteiger partial charge < -0.3 is 16.0 Å². The lowest BCUT2D eigenvalue weighted by atomic mass is 10.2. The van der Waals surface area contributed by atoms with Gasteiger partial charge in [0.2, 0.25) is 5.91 Å². The van der Waals surface area contributed by atoms with Crippen LogP contribution in [0.5, 0.6) is 0 Å². The lowest BCUT2D eigenvalue weighted by Gasteiger charge is -2.12. The Morgan fingerprint density at radius 1 is 1.28 bits per heavy atom. The molecule has 0 unspecified atom stereocenters. The summed E-state index contributed by atoms with van der Waals surface area (Å²) in [6, 6.07) is 9.91. The van der Waals surface area contributed by atoms with Crippen LogP contribution in [0.2, 0.25) is 5.02 Å². The van der Waals surface area contributed by atoms with Gasteiger partial charge in [-0.25, -0.2) is 9.98 Å². The van der Waals surface area contributed by atoms with E-state index in [-0.39, 0.29) is 24.9 Å². The zero-order valence-electron chi connectivity index (χ0n) is 16.1. The topological polar surface area (TPSA) is 109 Å². The van der Waals surface area contributed by atoms with Crippen LogP contribution in [0.4, 0.5) is 11.8 Å². The van der Waals surface area contributed by atoms with Gasteiger partial charge in [0.15, 0.2) is 5.82 Å². The van der Waals surface area contributed by atoms with Crippen LogP contribution in [-0.2, 0) is 11.3 Å². The molecule has 1 saturated heterocycles. The molecule has 1 aromatic carbocycles. The molecule has 1 fully saturated rings. The number of hydrogen-bond donors (Lipinski definition) is 2. The van der Waals surface area contributed by atoms with Gasteiger partial charge in [0.05, 0.1) is 11.9 Å². The summed E-state index contributed by atoms with van der Waals surface area (Å²) in [6.45, 7) is 2.43. The Morgan fingerprint density at radius 3 is 2.76 bits per heavy atom. The maximum atomic E-state index is 12.0. The molecule has 8 nitrogen and oxygen atoms in total. The molecule has 0 spiro atoms. The number of anilines is 1. The predicted molar refractivity (Wildman–Crippen MR) is 116 cm³/mol. The lowest BCUT2D eigenvalue weighted by molar-refractivity contribution is -0.128. The monoisotopic (exact) mass is 413 g/mol. The van der Waals surface area contributed by atoms with Crippen molar-refractivity contribution >= 4 is 41.2 Å². The first kappa shape index (κ1) is 20.9. The molecule has 0 aliphatic carbocycles. The summed E-state index contributed by atoms with van der Waals surface area (Å²) in [4.78, 5) is 30.8. The van der Waals surface area contributed by atoms with E-state index in [9.17, 15) is 4.79 Å². The number of nitrogens with zero attached hydrogens (tertiary/aromatic N) is 5. The highest BCUT2D eigenvalue weighted by atomic mass is 35.5. The number of carbonyl (C=O) groups excluding carboxylic acids is 1. The Bertz CT molecular complexity index is 880. The zero-order chi connectivity index (χ0) is 20.5. The first-order valence-corrected chi connectivity index (χ1v) is 9.89. The number of amides is 1. The molecule has 0 saturated carbocycles. The molecule has 3 rings (SSSR count). The Morgan fingerprint density at radius 2 is 2.03 bits per heavy atom. The standard InChI is InChI=1S/C20H24ClN7O/c21-17-13-25-20(27-19(17)24-11-15-6-2-1-3-7-15)26-16(10-22)12-23-14-18(29)28-8-4-5-9-28/h1-3,6-7,12-13H,4-5,8-11,14,22H2,(H,24,25,27). The number of carbonyl (C=O) groups is 1. The van der Waals surface area contributed by atoms with Gasteiger partial charge in [0.1, 0.15) is 11.6 Å². The average molecular weight is 414 g/mol. The molecule has 9 heteroatoms. The van der Waals surface area contributed by atoms with Gasteiger partial charge in [0.25, 0.3) is 5.95 Å². The molecule has 152 valence electrons. The molecule has 2 heterocycles. The van der Waals surface area contributed by atoms with Crippen molar-refractivity contribution in [3.8, 4) is 0 Å². The lowest BCUT2D eigenvalue weighted by Crippen LogP contribution is -2.29. The fourth-order valence-corrected chi connectivity index (χ4v) is 3.03. The van der Waals surface area contributed by atoms with Crippen molar-refractivity contribution in [3.63, 3.8) is 0 Å². The number of aliphatic imine (C=N–C) groups is 2. The van der Waals surface area contributed by atoms with E-state index >= 15 is 0 Å². The van der Waals surface area contributed by atoms with Crippen LogP contribution >= 0.6 is 11.6 Å². The number of nitrogens with one attached hydrogen (secondary N) is 1. The van der Waals surface area contributed by atoms with E-state index in [0.717, 1.165) is 31.5 Å². The van der Waals surface area contributed by atoms with Gasteiger partial charge in [-0.2, -0.15) is 4.98 Å². The molecule has 0 atom stereocenters. The van der Waals surface area contributed by atoms with Crippen LogP contribution < -0.4 is 11.1 Å². The number of hydrogen-bond acceptors (Lipinski definition) is 7. The summed E-state index contributed by atoms with van der Waals surface area (Å²) in [5, 5.41) is 3.58. The van der Waals surface area contributed by atoms with Crippen molar-refractivity contribution in [2.45, 2.75) is 19.4 Å². The van der Waals surface area contributed by atoms with Gasteiger partial charge in [-0.15, -0.1) is 0 Å². The first-order chi connectivity index (χ1) is 14.2. The number of rotatable bonds is 8. The summed E-state index contributed by atoms with van der Waals surface area (Å²) in [6.07, 6.45) is 5.10. The molecule has 1 aliphatic rings. The van der Waals surface area contributed by atoms with Crippen molar-refractivity contribution < 1.29 is 4.79 Å². The van der Waals surface area contributed by atoms with Crippen LogP contribution in [0.15, 0.2) is 46.5 Å². The van der Waals surface area contributed by atoms with Crippen molar-refractivity contribution in [3.05, 3.63) is 47.1 Å². The fourth-order valence-electron chi connectivity index (χ4n) is 2.87. The van der Waals surface area contributed by atoms with Gasteiger partial charge in [0, 0.05) is 32.4 Å². The molecule has 1 amide bonds. The number of aromatic nitrogens is 2. The largest absolute Gasteiger partial charge is 0.365 e. The van der Waals surface area contributed by atoms with E-state index in [4.69, 9.17) is 17.3 Å². The second-order valence-corrected chi connectivity index (χ2v) is 6.98. The molecule has 29 heavy (non-hydrogen) atoms. The van der Waals surface area contributed by atoms with Crippen molar-refractivity contribution in [1.29, 1.82) is 0 Å². The molecule has 0 bridgehead atoms. The highest BCUT2D eigenvalue weighted by Crippen LogP contribution is 2.21. The third-order valence-electron chi connectivity index (χ3n) is 4.41. The van der Waals surface area contributed by atoms with Gasteiger partial charge >= 0.3 is 0 Å². The highest BCUT2D eigenvalue weighted by molar-refractivity contribution is 6.33. The van der Waals surface area contributed by atoms with Gasteiger partial charge in [-0.3, -0.25) is 9.79 Å². The fraction of sp³-hybridized carbons (Fsp3) is 0.350. The van der Waals surface area contributed by atoms with E-state index in [0.29, 0.717) is 23.1 Å². The van der Waals surface area contributed by atoms with Crippen LogP contribution in [0, 0.1) is 0 Å². The van der Waals surface area contributed by atoms with E-state index in [1.54, 1.807) is 0 Å². The second-order valence-electron chi connectivity index (χ2n) is 6.57. The molecule has 0 radical (unpaired) electrons. The molecule has 1 aliphatic heterocycles. The summed E-state index contributed by atoms with van der Waals surface area (Å²) in [5.41, 5.74) is 7.33. The average Bonchev–Trinajstić information content (AvgIpc) is 3.29. The Kier molecular flexibility index (Phi) is 7.66. The third-order valence-corrected chi connectivity index (χ3v) is 4.69. The zero-order valence-corrected chi connectivity index (χ0v) is 16.8. The molecule has 3 N–H and O–H groups in total. The second kappa shape index (κ2) is 10.6. The van der Waals surface area contributed by atoms with Crippen molar-refractivity contribution in [2.75, 3.05) is 31.5 Å². The van der Waals surface area contributed by atoms with E-state index in [1.165, 1.54) is 12.4 Å².